The van der Waals surface area contributed by atoms with Crippen LogP contribution in [0.2, 0.25) is 5.02 Å². The van der Waals surface area contributed by atoms with Gasteiger partial charge >= 0.3 is 6.43 Å². The Kier molecular flexibility index (Phi) is 5.13. The van der Waals surface area contributed by atoms with E-state index in [0.29, 0.717) is 5.56 Å². The van der Waals surface area contributed by atoms with Crippen molar-refractivity contribution in [2.24, 2.45) is 0 Å². The number of aryl methyl sites for hydroxylation is 1. The number of Topliss-reactive ketones (excluding diaryl/α,β-unsaturated/α-hetero) is 1. The van der Waals surface area contributed by atoms with Crippen molar-refractivity contribution in [1.29, 1.82) is 0 Å². The second kappa shape index (κ2) is 7.36. The van der Waals surface area contributed by atoms with Crippen LogP contribution in [0.5, 0.6) is 0 Å². The number of halogens is 4. The number of alkyl halides is 2. The van der Waals surface area contributed by atoms with E-state index in [4.69, 9.17) is 16.0 Å². The maximum Gasteiger partial charge on any atom is 0.314 e. The van der Waals surface area contributed by atoms with Gasteiger partial charge in [-0.25, -0.2) is 4.39 Å². The molecule has 140 valence electrons. The van der Waals surface area contributed by atoms with E-state index < -0.39 is 36.0 Å². The molecule has 2 heterocycles. The molecule has 0 saturated carbocycles. The van der Waals surface area contributed by atoms with Gasteiger partial charge in [0.05, 0.1) is 12.1 Å². The largest absolute Gasteiger partial charge is 0.415 e. The smallest absolute Gasteiger partial charge is 0.314 e. The summed E-state index contributed by atoms with van der Waals surface area (Å²) < 4.78 is 44.7. The fraction of sp³-hybridized carbons (Fsp3) is 0.176. The zero-order chi connectivity index (χ0) is 19.7. The van der Waals surface area contributed by atoms with Crippen LogP contribution < -0.4 is 5.56 Å². The number of ketones is 1. The molecule has 0 atom stereocenters. The van der Waals surface area contributed by atoms with E-state index in [-0.39, 0.29) is 22.0 Å². The van der Waals surface area contributed by atoms with E-state index in [1.807, 2.05) is 0 Å². The highest BCUT2D eigenvalue weighted by atomic mass is 35.5. The van der Waals surface area contributed by atoms with Crippen molar-refractivity contribution >= 4 is 17.4 Å². The number of hydrogen-bond donors (Lipinski definition) is 0. The van der Waals surface area contributed by atoms with Gasteiger partial charge in [0.2, 0.25) is 5.89 Å². The van der Waals surface area contributed by atoms with Crippen molar-refractivity contribution < 1.29 is 22.4 Å². The van der Waals surface area contributed by atoms with Gasteiger partial charge in [-0.15, -0.1) is 10.2 Å². The summed E-state index contributed by atoms with van der Waals surface area (Å²) in [5, 5.41) is 6.81. The van der Waals surface area contributed by atoms with Crippen LogP contribution in [0.25, 0.3) is 11.5 Å². The summed E-state index contributed by atoms with van der Waals surface area (Å²) in [6, 6.07) is 4.75. The lowest BCUT2D eigenvalue weighted by Gasteiger charge is -2.08. The maximum atomic E-state index is 14.0. The van der Waals surface area contributed by atoms with Gasteiger partial charge in [0, 0.05) is 22.8 Å². The third-order valence-corrected chi connectivity index (χ3v) is 4.14. The van der Waals surface area contributed by atoms with Crippen molar-refractivity contribution in [3.05, 3.63) is 68.7 Å². The second-order valence-corrected chi connectivity index (χ2v) is 6.04. The molecule has 0 bridgehead atoms. The Bertz CT molecular complexity index is 1080. The fourth-order valence-electron chi connectivity index (χ4n) is 2.32. The molecule has 1 aromatic carbocycles. The molecule has 0 aliphatic heterocycles. The highest BCUT2D eigenvalue weighted by molar-refractivity contribution is 6.31. The summed E-state index contributed by atoms with van der Waals surface area (Å²) in [6.07, 6.45) is -1.68. The SMILES string of the molecule is Cc1cc(C(=O)Cn2ccc(-c3nnc(C(F)F)o3)cc2=O)c(F)cc1Cl. The summed E-state index contributed by atoms with van der Waals surface area (Å²) >= 11 is 5.80. The number of benzene rings is 1. The zero-order valence-electron chi connectivity index (χ0n) is 13.7. The minimum absolute atomic E-state index is 0.122. The number of nitrogens with zero attached hydrogens (tertiary/aromatic N) is 3. The van der Waals surface area contributed by atoms with E-state index >= 15 is 0 Å². The highest BCUT2D eigenvalue weighted by Gasteiger charge is 2.18. The Balaban J connectivity index is 1.85. The molecule has 6 nitrogen and oxygen atoms in total. The van der Waals surface area contributed by atoms with E-state index in [2.05, 4.69) is 10.2 Å². The third-order valence-electron chi connectivity index (χ3n) is 3.73. The molecular formula is C17H11ClF3N3O3. The van der Waals surface area contributed by atoms with Gasteiger partial charge in [-0.1, -0.05) is 11.6 Å². The van der Waals surface area contributed by atoms with E-state index in [1.165, 1.54) is 18.3 Å². The first-order valence-electron chi connectivity index (χ1n) is 7.57. The minimum atomic E-state index is -2.93. The Morgan fingerprint density at radius 2 is 2.04 bits per heavy atom. The Hall–Kier alpha value is -2.94. The second-order valence-electron chi connectivity index (χ2n) is 5.63. The number of aromatic nitrogens is 3. The zero-order valence-corrected chi connectivity index (χ0v) is 14.5. The third kappa shape index (κ3) is 3.92. The molecule has 27 heavy (non-hydrogen) atoms. The first kappa shape index (κ1) is 18.8. The van der Waals surface area contributed by atoms with Crippen LogP contribution in [0.1, 0.15) is 28.2 Å². The lowest BCUT2D eigenvalue weighted by molar-refractivity contribution is 0.0966. The fourth-order valence-corrected chi connectivity index (χ4v) is 2.47. The molecule has 0 radical (unpaired) electrons. The van der Waals surface area contributed by atoms with Crippen LogP contribution in [-0.2, 0) is 6.54 Å². The predicted molar refractivity (Wildman–Crippen MR) is 89.4 cm³/mol. The van der Waals surface area contributed by atoms with Crippen LogP contribution in [0.15, 0.2) is 39.7 Å². The molecule has 3 aromatic rings. The summed E-state index contributed by atoms with van der Waals surface area (Å²) in [4.78, 5) is 24.5. The molecule has 10 heteroatoms. The van der Waals surface area contributed by atoms with Crippen LogP contribution in [0, 0.1) is 12.7 Å². The van der Waals surface area contributed by atoms with Crippen molar-refractivity contribution in [3.63, 3.8) is 0 Å². The van der Waals surface area contributed by atoms with Crippen LogP contribution in [-0.4, -0.2) is 20.5 Å². The van der Waals surface area contributed by atoms with Gasteiger partial charge in [0.25, 0.3) is 11.4 Å². The van der Waals surface area contributed by atoms with Gasteiger partial charge in [0.15, 0.2) is 5.78 Å². The minimum Gasteiger partial charge on any atom is -0.415 e. The number of rotatable bonds is 5. The summed E-state index contributed by atoms with van der Waals surface area (Å²) in [5.41, 5.74) is -0.165. The normalized spacial score (nSPS) is 11.2. The number of pyridine rings is 1. The molecule has 0 fully saturated rings. The quantitative estimate of drug-likeness (QED) is 0.612. The van der Waals surface area contributed by atoms with Crippen LogP contribution in [0.4, 0.5) is 13.2 Å². The molecule has 3 rings (SSSR count). The standard InChI is InChI=1S/C17H11ClF3N3O3/c1-8-4-10(12(19)6-11(8)18)13(25)7-24-3-2-9(5-14(24)26)16-22-23-17(27-16)15(20)21/h2-6,15H,7H2,1H3. The van der Waals surface area contributed by atoms with Gasteiger partial charge in [-0.3, -0.25) is 9.59 Å². The van der Waals surface area contributed by atoms with E-state index in [0.717, 1.165) is 16.7 Å². The maximum absolute atomic E-state index is 14.0. The monoisotopic (exact) mass is 397 g/mol. The lowest BCUT2D eigenvalue weighted by Crippen LogP contribution is -2.23. The van der Waals surface area contributed by atoms with Gasteiger partial charge in [0.1, 0.15) is 5.82 Å². The molecule has 0 aliphatic rings. The van der Waals surface area contributed by atoms with E-state index in [9.17, 15) is 22.8 Å². The van der Waals surface area contributed by atoms with Crippen LogP contribution >= 0.6 is 11.6 Å². The molecular weight excluding hydrogens is 387 g/mol. The summed E-state index contributed by atoms with van der Waals surface area (Å²) in [7, 11) is 0. The average molecular weight is 398 g/mol. The first-order chi connectivity index (χ1) is 12.8. The highest BCUT2D eigenvalue weighted by Crippen LogP contribution is 2.23. The number of hydrogen-bond acceptors (Lipinski definition) is 5. The molecule has 0 spiro atoms. The van der Waals surface area contributed by atoms with Crippen molar-refractivity contribution in [3.8, 4) is 11.5 Å². The Morgan fingerprint density at radius 3 is 2.67 bits per heavy atom. The first-order valence-corrected chi connectivity index (χ1v) is 7.95. The molecule has 0 aliphatic carbocycles. The average Bonchev–Trinajstić information content (AvgIpc) is 3.10. The Morgan fingerprint density at radius 1 is 1.30 bits per heavy atom. The molecule has 0 unspecified atom stereocenters. The lowest BCUT2D eigenvalue weighted by atomic mass is 10.1. The van der Waals surface area contributed by atoms with E-state index in [1.54, 1.807) is 6.92 Å². The Labute approximate surface area is 155 Å². The van der Waals surface area contributed by atoms with Crippen molar-refractivity contribution in [1.82, 2.24) is 14.8 Å². The van der Waals surface area contributed by atoms with Crippen molar-refractivity contribution in [2.45, 2.75) is 19.9 Å². The molecule has 0 amide bonds. The van der Waals surface area contributed by atoms with Gasteiger partial charge < -0.3 is 8.98 Å². The number of carbonyl (C=O) groups excluding carboxylic acids is 1. The molecule has 2 aromatic heterocycles. The molecule has 0 saturated heterocycles. The summed E-state index contributed by atoms with van der Waals surface area (Å²) in [6.45, 7) is 1.21. The van der Waals surface area contributed by atoms with Gasteiger partial charge in [-0.05, 0) is 30.7 Å². The predicted octanol–water partition coefficient (Wildman–Crippen LogP) is 3.82. The van der Waals surface area contributed by atoms with Crippen molar-refractivity contribution in [2.75, 3.05) is 0 Å². The van der Waals surface area contributed by atoms with Gasteiger partial charge in [-0.2, -0.15) is 8.78 Å². The topological polar surface area (TPSA) is 78.0 Å². The number of carbonyl (C=O) groups is 1. The van der Waals surface area contributed by atoms with Crippen LogP contribution in [0.3, 0.4) is 0 Å². The molecule has 0 N–H and O–H groups in total. The summed E-state index contributed by atoms with van der Waals surface area (Å²) in [5.74, 6) is -2.52.